The molecule has 0 bridgehead atoms. The fourth-order valence-electron chi connectivity index (χ4n) is 0.463. The third-order valence-electron chi connectivity index (χ3n) is 0.895. The van der Waals surface area contributed by atoms with Crippen molar-refractivity contribution in [3.05, 3.63) is 0 Å². The lowest BCUT2D eigenvalue weighted by atomic mass is 10.4. The van der Waals surface area contributed by atoms with Crippen molar-refractivity contribution >= 4 is 17.3 Å². The zero-order chi connectivity index (χ0) is 7.98. The molecule has 0 aromatic rings. The number of thiocarbonyl (C=S) groups is 1. The maximum Gasteiger partial charge on any atom is 0.166 e. The summed E-state index contributed by atoms with van der Waals surface area (Å²) in [5, 5.41) is 15.2. The second-order valence-electron chi connectivity index (χ2n) is 2.09. The summed E-state index contributed by atoms with van der Waals surface area (Å²) in [6, 6.07) is 0. The van der Waals surface area contributed by atoms with E-state index in [0.29, 0.717) is 11.7 Å². The molecule has 1 atom stereocenters. The van der Waals surface area contributed by atoms with Crippen LogP contribution in [-0.2, 0) is 0 Å². The van der Waals surface area contributed by atoms with Crippen LogP contribution in [0, 0.1) is 0 Å². The topological polar surface area (TPSA) is 44.3 Å². The molecule has 10 heavy (non-hydrogen) atoms. The summed E-state index contributed by atoms with van der Waals surface area (Å²) in [4.78, 5) is 0. The second kappa shape index (κ2) is 5.44. The van der Waals surface area contributed by atoms with E-state index in [2.05, 4.69) is 10.6 Å². The monoisotopic (exact) mass is 162 g/mol. The molecule has 60 valence electrons. The second-order valence-corrected chi connectivity index (χ2v) is 2.50. The highest BCUT2D eigenvalue weighted by Gasteiger charge is 1.95. The van der Waals surface area contributed by atoms with Crippen molar-refractivity contribution in [1.29, 1.82) is 0 Å². The van der Waals surface area contributed by atoms with Gasteiger partial charge in [0.25, 0.3) is 0 Å². The molecule has 0 fully saturated rings. The predicted octanol–water partition coefficient (Wildman–Crippen LogP) is -0.149. The predicted molar refractivity (Wildman–Crippen MR) is 46.0 cm³/mol. The Balaban J connectivity index is 3.22. The minimum absolute atomic E-state index is 0.350. The Kier molecular flexibility index (Phi) is 5.25. The molecule has 0 rings (SSSR count). The summed E-state index contributed by atoms with van der Waals surface area (Å²) in [7, 11) is 0. The van der Waals surface area contributed by atoms with Crippen LogP contribution in [0.4, 0.5) is 0 Å². The van der Waals surface area contributed by atoms with Crippen LogP contribution in [0.25, 0.3) is 0 Å². The van der Waals surface area contributed by atoms with E-state index in [4.69, 9.17) is 17.3 Å². The van der Waals surface area contributed by atoms with E-state index in [-0.39, 0.29) is 6.10 Å². The summed E-state index contributed by atoms with van der Waals surface area (Å²) >= 11 is 4.84. The third-order valence-corrected chi connectivity index (χ3v) is 1.18. The standard InChI is InChI=1S/C6H14N2OS/c1-3-7-6(10)8-4-5(2)9/h5,9H,3-4H2,1-2H3,(H2,7,8,10)/t5-/m0/s1. The zero-order valence-corrected chi connectivity index (χ0v) is 7.16. The molecule has 0 aliphatic rings. The van der Waals surface area contributed by atoms with Gasteiger partial charge in [-0.1, -0.05) is 0 Å². The van der Waals surface area contributed by atoms with Crippen molar-refractivity contribution in [3.8, 4) is 0 Å². The highest BCUT2D eigenvalue weighted by atomic mass is 32.1. The van der Waals surface area contributed by atoms with Gasteiger partial charge in [0.2, 0.25) is 0 Å². The van der Waals surface area contributed by atoms with Crippen LogP contribution in [0.15, 0.2) is 0 Å². The van der Waals surface area contributed by atoms with Gasteiger partial charge < -0.3 is 15.7 Å². The van der Waals surface area contributed by atoms with Crippen LogP contribution < -0.4 is 10.6 Å². The lowest BCUT2D eigenvalue weighted by Crippen LogP contribution is -2.38. The molecule has 0 radical (unpaired) electrons. The normalized spacial score (nSPS) is 12.3. The lowest BCUT2D eigenvalue weighted by molar-refractivity contribution is 0.198. The molecule has 0 unspecified atom stereocenters. The van der Waals surface area contributed by atoms with Gasteiger partial charge in [-0.3, -0.25) is 0 Å². The lowest BCUT2D eigenvalue weighted by Gasteiger charge is -2.09. The molecule has 0 aromatic heterocycles. The minimum Gasteiger partial charge on any atom is -0.392 e. The molecule has 0 heterocycles. The van der Waals surface area contributed by atoms with E-state index in [1.54, 1.807) is 6.92 Å². The van der Waals surface area contributed by atoms with Gasteiger partial charge in [0.05, 0.1) is 6.10 Å². The van der Waals surface area contributed by atoms with E-state index in [0.717, 1.165) is 6.54 Å². The van der Waals surface area contributed by atoms with Gasteiger partial charge in [-0.05, 0) is 26.1 Å². The van der Waals surface area contributed by atoms with Crippen LogP contribution in [0.2, 0.25) is 0 Å². The Morgan fingerprint density at radius 2 is 2.20 bits per heavy atom. The highest BCUT2D eigenvalue weighted by molar-refractivity contribution is 7.80. The molecule has 0 amide bonds. The number of nitrogens with one attached hydrogen (secondary N) is 2. The molecule has 0 saturated heterocycles. The van der Waals surface area contributed by atoms with Crippen molar-refractivity contribution in [2.45, 2.75) is 20.0 Å². The molecule has 0 saturated carbocycles. The Labute approximate surface area is 66.8 Å². The molecular weight excluding hydrogens is 148 g/mol. The molecule has 0 aliphatic carbocycles. The SMILES string of the molecule is CCNC(=S)NC[C@H](C)O. The largest absolute Gasteiger partial charge is 0.392 e. The molecule has 0 aliphatic heterocycles. The van der Waals surface area contributed by atoms with Crippen LogP contribution in [0.3, 0.4) is 0 Å². The van der Waals surface area contributed by atoms with Gasteiger partial charge in [-0.2, -0.15) is 0 Å². The molecular formula is C6H14N2OS. The van der Waals surface area contributed by atoms with Crippen molar-refractivity contribution in [2.24, 2.45) is 0 Å². The fraction of sp³-hybridized carbons (Fsp3) is 0.833. The van der Waals surface area contributed by atoms with Gasteiger partial charge in [-0.15, -0.1) is 0 Å². The van der Waals surface area contributed by atoms with E-state index >= 15 is 0 Å². The number of aliphatic hydroxyl groups is 1. The number of rotatable bonds is 3. The molecule has 3 N–H and O–H groups in total. The maximum absolute atomic E-state index is 8.82. The summed E-state index contributed by atoms with van der Waals surface area (Å²) in [5.41, 5.74) is 0. The van der Waals surface area contributed by atoms with Crippen molar-refractivity contribution in [2.75, 3.05) is 13.1 Å². The Bertz CT molecular complexity index is 106. The summed E-state index contributed by atoms with van der Waals surface area (Å²) in [5.74, 6) is 0. The van der Waals surface area contributed by atoms with Crippen molar-refractivity contribution in [3.63, 3.8) is 0 Å². The first-order chi connectivity index (χ1) is 4.66. The average molecular weight is 162 g/mol. The number of hydrogen-bond acceptors (Lipinski definition) is 2. The Hall–Kier alpha value is -0.350. The van der Waals surface area contributed by atoms with Crippen LogP contribution in [-0.4, -0.2) is 29.4 Å². The number of aliphatic hydroxyl groups excluding tert-OH is 1. The Morgan fingerprint density at radius 1 is 1.60 bits per heavy atom. The van der Waals surface area contributed by atoms with E-state index in [1.165, 1.54) is 0 Å². The first kappa shape index (κ1) is 9.65. The summed E-state index contributed by atoms with van der Waals surface area (Å²) < 4.78 is 0. The van der Waals surface area contributed by atoms with Gasteiger partial charge in [0, 0.05) is 13.1 Å². The minimum atomic E-state index is -0.350. The van der Waals surface area contributed by atoms with Crippen LogP contribution in [0.5, 0.6) is 0 Å². The van der Waals surface area contributed by atoms with E-state index < -0.39 is 0 Å². The summed E-state index contributed by atoms with van der Waals surface area (Å²) in [6.45, 7) is 5.00. The first-order valence-corrected chi connectivity index (χ1v) is 3.77. The number of hydrogen-bond donors (Lipinski definition) is 3. The van der Waals surface area contributed by atoms with Crippen LogP contribution >= 0.6 is 12.2 Å². The highest BCUT2D eigenvalue weighted by Crippen LogP contribution is 1.74. The van der Waals surface area contributed by atoms with Gasteiger partial charge in [0.1, 0.15) is 0 Å². The molecule has 3 nitrogen and oxygen atoms in total. The average Bonchev–Trinajstić information content (AvgIpc) is 1.85. The molecule has 0 aromatic carbocycles. The van der Waals surface area contributed by atoms with Gasteiger partial charge >= 0.3 is 0 Å². The molecule has 0 spiro atoms. The third kappa shape index (κ3) is 5.78. The first-order valence-electron chi connectivity index (χ1n) is 3.36. The van der Waals surface area contributed by atoms with Gasteiger partial charge in [-0.25, -0.2) is 0 Å². The summed E-state index contributed by atoms with van der Waals surface area (Å²) in [6.07, 6.45) is -0.350. The van der Waals surface area contributed by atoms with E-state index in [1.807, 2.05) is 6.92 Å². The van der Waals surface area contributed by atoms with Crippen molar-refractivity contribution < 1.29 is 5.11 Å². The quantitative estimate of drug-likeness (QED) is 0.505. The van der Waals surface area contributed by atoms with Gasteiger partial charge in [0.15, 0.2) is 5.11 Å². The molecule has 4 heteroatoms. The Morgan fingerprint density at radius 3 is 2.60 bits per heavy atom. The van der Waals surface area contributed by atoms with E-state index in [9.17, 15) is 0 Å². The smallest absolute Gasteiger partial charge is 0.166 e. The maximum atomic E-state index is 8.82. The zero-order valence-electron chi connectivity index (χ0n) is 6.35. The fourth-order valence-corrected chi connectivity index (χ4v) is 0.691. The van der Waals surface area contributed by atoms with Crippen LogP contribution in [0.1, 0.15) is 13.8 Å². The van der Waals surface area contributed by atoms with Crippen molar-refractivity contribution in [1.82, 2.24) is 10.6 Å².